The number of benzene rings is 1. The molecule has 0 N–H and O–H groups in total. The van der Waals surface area contributed by atoms with E-state index in [1.807, 2.05) is 38.1 Å². The summed E-state index contributed by atoms with van der Waals surface area (Å²) in [5.74, 6) is 0. The van der Waals surface area contributed by atoms with Crippen molar-refractivity contribution in [2.75, 3.05) is 20.3 Å². The molecule has 5 heteroatoms. The van der Waals surface area contributed by atoms with Crippen molar-refractivity contribution in [3.63, 3.8) is 0 Å². The molecule has 1 aromatic rings. The molecule has 0 atom stereocenters. The van der Waals surface area contributed by atoms with Gasteiger partial charge in [0, 0.05) is 5.57 Å². The van der Waals surface area contributed by atoms with Crippen molar-refractivity contribution in [2.24, 2.45) is 5.16 Å². The van der Waals surface area contributed by atoms with Gasteiger partial charge >= 0.3 is 0 Å². The highest BCUT2D eigenvalue weighted by atomic mass is 16.7. The number of methoxy groups -OCH3 is 1. The van der Waals surface area contributed by atoms with Gasteiger partial charge < -0.3 is 19.0 Å². The van der Waals surface area contributed by atoms with Gasteiger partial charge in [-0.1, -0.05) is 29.4 Å². The summed E-state index contributed by atoms with van der Waals surface area (Å²) in [7, 11) is 1.61. The first kappa shape index (κ1) is 15.5. The Morgan fingerprint density at radius 3 is 2.67 bits per heavy atom. The molecular formula is C16H21NO4. The van der Waals surface area contributed by atoms with Gasteiger partial charge in [-0.25, -0.2) is 0 Å². The first-order valence-electron chi connectivity index (χ1n) is 6.90. The second-order valence-electron chi connectivity index (χ2n) is 4.85. The highest BCUT2D eigenvalue weighted by molar-refractivity contribution is 5.78. The quantitative estimate of drug-likeness (QED) is 0.459. The SMILES string of the molecule is COC=C(c1ccccc1CON=C(C)C)C1OCCO1. The van der Waals surface area contributed by atoms with Gasteiger partial charge in [0.1, 0.15) is 6.61 Å². The lowest BCUT2D eigenvalue weighted by Crippen LogP contribution is -2.12. The van der Waals surface area contributed by atoms with Crippen LogP contribution in [0.1, 0.15) is 25.0 Å². The molecule has 1 saturated heterocycles. The molecule has 5 nitrogen and oxygen atoms in total. The fourth-order valence-corrected chi connectivity index (χ4v) is 2.07. The predicted molar refractivity (Wildman–Crippen MR) is 80.7 cm³/mol. The minimum absolute atomic E-state index is 0.384. The van der Waals surface area contributed by atoms with Crippen molar-refractivity contribution in [1.29, 1.82) is 0 Å². The van der Waals surface area contributed by atoms with E-state index in [-0.39, 0.29) is 0 Å². The van der Waals surface area contributed by atoms with Crippen LogP contribution >= 0.6 is 0 Å². The molecule has 2 rings (SSSR count). The standard InChI is InChI=1S/C16H21NO4/c1-12(2)17-21-10-13-6-4-5-7-14(13)15(11-18-3)16-19-8-9-20-16/h4-7,11,16H,8-10H2,1-3H3. The number of nitrogens with zero attached hydrogens (tertiary/aromatic N) is 1. The second-order valence-corrected chi connectivity index (χ2v) is 4.85. The minimum Gasteiger partial charge on any atom is -0.504 e. The molecule has 21 heavy (non-hydrogen) atoms. The van der Waals surface area contributed by atoms with Gasteiger partial charge in [-0.05, 0) is 25.0 Å². The molecule has 114 valence electrons. The lowest BCUT2D eigenvalue weighted by atomic mass is 10.0. The molecule has 0 aliphatic carbocycles. The molecule has 1 aromatic carbocycles. The number of rotatable bonds is 6. The average Bonchev–Trinajstić information content (AvgIpc) is 2.99. The van der Waals surface area contributed by atoms with E-state index in [1.54, 1.807) is 13.4 Å². The maximum Gasteiger partial charge on any atom is 0.187 e. The topological polar surface area (TPSA) is 49.3 Å². The van der Waals surface area contributed by atoms with Crippen LogP contribution < -0.4 is 0 Å². The first-order valence-corrected chi connectivity index (χ1v) is 6.90. The largest absolute Gasteiger partial charge is 0.504 e. The number of hydrogen-bond donors (Lipinski definition) is 0. The van der Waals surface area contributed by atoms with E-state index in [1.165, 1.54) is 0 Å². The van der Waals surface area contributed by atoms with Crippen molar-refractivity contribution < 1.29 is 19.0 Å². The van der Waals surface area contributed by atoms with E-state index >= 15 is 0 Å². The van der Waals surface area contributed by atoms with Crippen molar-refractivity contribution in [3.05, 3.63) is 41.7 Å². The van der Waals surface area contributed by atoms with Crippen molar-refractivity contribution in [2.45, 2.75) is 26.7 Å². The molecule has 0 saturated carbocycles. The van der Waals surface area contributed by atoms with Gasteiger partial charge in [0.2, 0.25) is 0 Å². The molecule has 0 spiro atoms. The average molecular weight is 291 g/mol. The third-order valence-electron chi connectivity index (χ3n) is 2.92. The molecule has 0 bridgehead atoms. The van der Waals surface area contributed by atoms with E-state index in [4.69, 9.17) is 19.0 Å². The van der Waals surface area contributed by atoms with Crippen LogP contribution in [0.3, 0.4) is 0 Å². The fraction of sp³-hybridized carbons (Fsp3) is 0.438. The minimum atomic E-state index is -0.400. The third kappa shape index (κ3) is 4.31. The zero-order valence-electron chi connectivity index (χ0n) is 12.7. The maximum atomic E-state index is 5.58. The Bertz CT molecular complexity index is 515. The van der Waals surface area contributed by atoms with Crippen LogP contribution in [0, 0.1) is 0 Å². The van der Waals surface area contributed by atoms with Crippen molar-refractivity contribution in [3.8, 4) is 0 Å². The van der Waals surface area contributed by atoms with E-state index in [0.717, 1.165) is 22.4 Å². The summed E-state index contributed by atoms with van der Waals surface area (Å²) in [5.41, 5.74) is 3.72. The summed E-state index contributed by atoms with van der Waals surface area (Å²) in [6.45, 7) is 5.34. The monoisotopic (exact) mass is 291 g/mol. The zero-order chi connectivity index (χ0) is 15.1. The van der Waals surface area contributed by atoms with Gasteiger partial charge in [0.25, 0.3) is 0 Å². The van der Waals surface area contributed by atoms with Crippen LogP contribution in [0.2, 0.25) is 0 Å². The van der Waals surface area contributed by atoms with E-state index in [2.05, 4.69) is 5.16 Å². The Morgan fingerprint density at radius 2 is 2.00 bits per heavy atom. The molecule has 0 amide bonds. The number of hydrogen-bond acceptors (Lipinski definition) is 5. The highest BCUT2D eigenvalue weighted by Gasteiger charge is 2.24. The van der Waals surface area contributed by atoms with Crippen molar-refractivity contribution in [1.82, 2.24) is 0 Å². The van der Waals surface area contributed by atoms with Crippen LogP contribution in [0.4, 0.5) is 0 Å². The second kappa shape index (κ2) is 7.81. The zero-order valence-corrected chi connectivity index (χ0v) is 12.7. The smallest absolute Gasteiger partial charge is 0.187 e. The molecule has 0 aromatic heterocycles. The summed E-state index contributed by atoms with van der Waals surface area (Å²) in [4.78, 5) is 5.35. The predicted octanol–water partition coefficient (Wildman–Crippen LogP) is 2.96. The van der Waals surface area contributed by atoms with Crippen LogP contribution in [0.15, 0.2) is 35.7 Å². The number of oxime groups is 1. The molecule has 0 unspecified atom stereocenters. The van der Waals surface area contributed by atoms with Crippen LogP contribution in [0.5, 0.6) is 0 Å². The van der Waals surface area contributed by atoms with Crippen LogP contribution in [0.25, 0.3) is 5.57 Å². The van der Waals surface area contributed by atoms with E-state index in [0.29, 0.717) is 19.8 Å². The van der Waals surface area contributed by atoms with Gasteiger partial charge in [0.15, 0.2) is 6.29 Å². The maximum absolute atomic E-state index is 5.58. The lowest BCUT2D eigenvalue weighted by molar-refractivity contribution is 0.00547. The van der Waals surface area contributed by atoms with Crippen molar-refractivity contribution >= 4 is 11.3 Å². The van der Waals surface area contributed by atoms with Crippen LogP contribution in [-0.2, 0) is 25.7 Å². The highest BCUT2D eigenvalue weighted by Crippen LogP contribution is 2.27. The summed E-state index contributed by atoms with van der Waals surface area (Å²) >= 11 is 0. The molecule has 1 fully saturated rings. The summed E-state index contributed by atoms with van der Waals surface area (Å²) in [5, 5.41) is 3.97. The Kier molecular flexibility index (Phi) is 5.78. The van der Waals surface area contributed by atoms with Crippen LogP contribution in [-0.4, -0.2) is 32.3 Å². The first-order chi connectivity index (χ1) is 10.2. The Hall–Kier alpha value is -1.85. The molecule has 0 radical (unpaired) electrons. The Morgan fingerprint density at radius 1 is 1.29 bits per heavy atom. The molecule has 1 aliphatic rings. The fourth-order valence-electron chi connectivity index (χ4n) is 2.07. The number of ether oxygens (including phenoxy) is 3. The lowest BCUT2D eigenvalue weighted by Gasteiger charge is -2.16. The van der Waals surface area contributed by atoms with Gasteiger partial charge in [-0.2, -0.15) is 0 Å². The van der Waals surface area contributed by atoms with Gasteiger partial charge in [0.05, 0.1) is 32.3 Å². The summed E-state index contributed by atoms with van der Waals surface area (Å²) in [6.07, 6.45) is 1.26. The Balaban J connectivity index is 2.23. The van der Waals surface area contributed by atoms with Gasteiger partial charge in [-0.3, -0.25) is 0 Å². The van der Waals surface area contributed by atoms with E-state index < -0.39 is 6.29 Å². The summed E-state index contributed by atoms with van der Waals surface area (Å²) in [6, 6.07) is 7.92. The van der Waals surface area contributed by atoms with E-state index in [9.17, 15) is 0 Å². The Labute approximate surface area is 125 Å². The molecular weight excluding hydrogens is 270 g/mol. The molecule has 1 aliphatic heterocycles. The normalized spacial score (nSPS) is 15.9. The van der Waals surface area contributed by atoms with Gasteiger partial charge in [-0.15, -0.1) is 0 Å². The third-order valence-corrected chi connectivity index (χ3v) is 2.92. The molecule has 1 heterocycles. The summed E-state index contributed by atoms with van der Waals surface area (Å²) < 4.78 is 16.3.